The monoisotopic (exact) mass is 243 g/mol. The fourth-order valence-corrected chi connectivity index (χ4v) is 2.44. The van der Waals surface area contributed by atoms with Crippen molar-refractivity contribution in [1.82, 2.24) is 19.5 Å². The number of hydrogen-bond acceptors (Lipinski definition) is 4. The molecule has 0 amide bonds. The van der Waals surface area contributed by atoms with Crippen LogP contribution in [0.5, 0.6) is 0 Å². The number of aryl methyl sites for hydroxylation is 2. The van der Waals surface area contributed by atoms with Crippen molar-refractivity contribution in [3.05, 3.63) is 30.0 Å². The first-order valence-corrected chi connectivity index (χ1v) is 6.34. The molecule has 0 bridgehead atoms. The Hall–Kier alpha value is -1.75. The molecule has 5 heteroatoms. The second-order valence-electron chi connectivity index (χ2n) is 4.84. The molecule has 3 rings (SSSR count). The third kappa shape index (κ3) is 1.90. The normalized spacial score (nSPS) is 19.3. The summed E-state index contributed by atoms with van der Waals surface area (Å²) in [4.78, 5) is 13.2. The molecule has 1 aliphatic carbocycles. The number of rotatable bonds is 1. The molecular weight excluding hydrogens is 226 g/mol. The highest BCUT2D eigenvalue weighted by Gasteiger charge is 2.18. The second-order valence-corrected chi connectivity index (χ2v) is 4.84. The van der Waals surface area contributed by atoms with E-state index in [0.717, 1.165) is 42.0 Å². The number of nitrogens with zero attached hydrogens (tertiary/aromatic N) is 4. The van der Waals surface area contributed by atoms with Gasteiger partial charge >= 0.3 is 0 Å². The fourth-order valence-electron chi connectivity index (χ4n) is 2.44. The quantitative estimate of drug-likeness (QED) is 0.772. The Morgan fingerprint density at radius 2 is 2.22 bits per heavy atom. The van der Waals surface area contributed by atoms with Crippen LogP contribution in [0.4, 0.5) is 0 Å². The van der Waals surface area contributed by atoms with E-state index in [0.29, 0.717) is 0 Å². The van der Waals surface area contributed by atoms with Crippen molar-refractivity contribution in [2.24, 2.45) is 12.8 Å². The number of fused-ring (bicyclic) bond motifs is 1. The average Bonchev–Trinajstić information content (AvgIpc) is 2.71. The van der Waals surface area contributed by atoms with Gasteiger partial charge in [-0.05, 0) is 19.3 Å². The molecule has 0 fully saturated rings. The van der Waals surface area contributed by atoms with Gasteiger partial charge in [-0.15, -0.1) is 0 Å². The zero-order valence-electron chi connectivity index (χ0n) is 10.5. The zero-order valence-corrected chi connectivity index (χ0v) is 10.5. The maximum absolute atomic E-state index is 6.15. The molecule has 18 heavy (non-hydrogen) atoms. The van der Waals surface area contributed by atoms with Gasteiger partial charge in [0.2, 0.25) is 0 Å². The topological polar surface area (TPSA) is 69.6 Å². The first-order valence-electron chi connectivity index (χ1n) is 6.34. The van der Waals surface area contributed by atoms with Crippen LogP contribution >= 0.6 is 0 Å². The fraction of sp³-hybridized carbons (Fsp3) is 0.462. The Kier molecular flexibility index (Phi) is 2.83. The van der Waals surface area contributed by atoms with E-state index in [-0.39, 0.29) is 6.04 Å². The van der Waals surface area contributed by atoms with E-state index in [1.807, 2.05) is 17.8 Å². The maximum atomic E-state index is 6.15. The molecule has 0 spiro atoms. The van der Waals surface area contributed by atoms with Gasteiger partial charge in [-0.1, -0.05) is 6.42 Å². The summed E-state index contributed by atoms with van der Waals surface area (Å²) in [5.41, 5.74) is 9.30. The van der Waals surface area contributed by atoms with Gasteiger partial charge in [-0.25, -0.2) is 15.0 Å². The third-order valence-electron chi connectivity index (χ3n) is 3.52. The molecule has 1 atom stereocenters. The van der Waals surface area contributed by atoms with Crippen LogP contribution in [0.1, 0.15) is 36.6 Å². The van der Waals surface area contributed by atoms with E-state index >= 15 is 0 Å². The summed E-state index contributed by atoms with van der Waals surface area (Å²) in [6.07, 6.45) is 9.79. The lowest BCUT2D eigenvalue weighted by molar-refractivity contribution is 0.614. The standard InChI is InChI=1S/C13H17N5/c1-18-8-15-7-12(18)13-16-6-9-10(14)4-2-3-5-11(9)17-13/h6-8,10H,2-5,14H2,1H3. The van der Waals surface area contributed by atoms with Crippen LogP contribution in [0, 0.1) is 0 Å². The predicted molar refractivity (Wildman–Crippen MR) is 68.7 cm³/mol. The number of aromatic nitrogens is 4. The van der Waals surface area contributed by atoms with E-state index in [1.54, 1.807) is 12.5 Å². The summed E-state index contributed by atoms with van der Waals surface area (Å²) >= 11 is 0. The van der Waals surface area contributed by atoms with E-state index in [2.05, 4.69) is 15.0 Å². The van der Waals surface area contributed by atoms with Gasteiger partial charge in [0.15, 0.2) is 5.82 Å². The highest BCUT2D eigenvalue weighted by Crippen LogP contribution is 2.26. The Labute approximate surface area is 106 Å². The van der Waals surface area contributed by atoms with Crippen LogP contribution in [0.2, 0.25) is 0 Å². The predicted octanol–water partition coefficient (Wildman–Crippen LogP) is 1.60. The van der Waals surface area contributed by atoms with Gasteiger partial charge < -0.3 is 10.3 Å². The first-order chi connectivity index (χ1) is 8.75. The van der Waals surface area contributed by atoms with Gasteiger partial charge in [0.05, 0.1) is 12.5 Å². The molecular formula is C13H17N5. The van der Waals surface area contributed by atoms with Crippen LogP contribution in [-0.4, -0.2) is 19.5 Å². The molecule has 94 valence electrons. The van der Waals surface area contributed by atoms with E-state index in [4.69, 9.17) is 5.73 Å². The summed E-state index contributed by atoms with van der Waals surface area (Å²) in [5.74, 6) is 0.739. The third-order valence-corrected chi connectivity index (χ3v) is 3.52. The highest BCUT2D eigenvalue weighted by atomic mass is 15.1. The molecule has 0 aromatic carbocycles. The molecule has 0 radical (unpaired) electrons. The van der Waals surface area contributed by atoms with Crippen LogP contribution in [0.15, 0.2) is 18.7 Å². The molecule has 2 aromatic rings. The molecule has 0 saturated heterocycles. The summed E-state index contributed by atoms with van der Waals surface area (Å²) in [5, 5.41) is 0. The molecule has 2 N–H and O–H groups in total. The van der Waals surface area contributed by atoms with Crippen molar-refractivity contribution in [2.45, 2.75) is 31.7 Å². The van der Waals surface area contributed by atoms with Crippen LogP contribution in [-0.2, 0) is 13.5 Å². The largest absolute Gasteiger partial charge is 0.331 e. The smallest absolute Gasteiger partial charge is 0.178 e. The van der Waals surface area contributed by atoms with E-state index in [9.17, 15) is 0 Å². The minimum Gasteiger partial charge on any atom is -0.331 e. The molecule has 5 nitrogen and oxygen atoms in total. The Bertz CT molecular complexity index is 560. The zero-order chi connectivity index (χ0) is 12.5. The Morgan fingerprint density at radius 3 is 3.00 bits per heavy atom. The summed E-state index contributed by atoms with van der Waals surface area (Å²) in [6, 6.07) is 0.0862. The summed E-state index contributed by atoms with van der Waals surface area (Å²) < 4.78 is 1.93. The van der Waals surface area contributed by atoms with Crippen molar-refractivity contribution in [2.75, 3.05) is 0 Å². The van der Waals surface area contributed by atoms with Gasteiger partial charge in [0, 0.05) is 30.5 Å². The summed E-state index contributed by atoms with van der Waals surface area (Å²) in [6.45, 7) is 0. The Morgan fingerprint density at radius 1 is 1.33 bits per heavy atom. The highest BCUT2D eigenvalue weighted by molar-refractivity contribution is 5.49. The number of nitrogens with two attached hydrogens (primary N) is 1. The second kappa shape index (κ2) is 4.49. The van der Waals surface area contributed by atoms with Crippen molar-refractivity contribution in [3.8, 4) is 11.5 Å². The molecule has 2 aromatic heterocycles. The van der Waals surface area contributed by atoms with Gasteiger partial charge in [0.25, 0.3) is 0 Å². The lowest BCUT2D eigenvalue weighted by Gasteiger charge is -2.12. The van der Waals surface area contributed by atoms with Crippen LogP contribution < -0.4 is 5.73 Å². The van der Waals surface area contributed by atoms with Crippen molar-refractivity contribution >= 4 is 0 Å². The van der Waals surface area contributed by atoms with Crippen molar-refractivity contribution in [1.29, 1.82) is 0 Å². The van der Waals surface area contributed by atoms with Crippen molar-refractivity contribution in [3.63, 3.8) is 0 Å². The maximum Gasteiger partial charge on any atom is 0.178 e. The summed E-state index contributed by atoms with van der Waals surface area (Å²) in [7, 11) is 1.95. The lowest BCUT2D eigenvalue weighted by Crippen LogP contribution is -2.12. The minimum atomic E-state index is 0.0862. The van der Waals surface area contributed by atoms with Crippen molar-refractivity contribution < 1.29 is 0 Å². The molecule has 1 unspecified atom stereocenters. The van der Waals surface area contributed by atoms with Gasteiger partial charge in [-0.3, -0.25) is 0 Å². The minimum absolute atomic E-state index is 0.0862. The lowest BCUT2D eigenvalue weighted by atomic mass is 10.1. The van der Waals surface area contributed by atoms with Gasteiger partial charge in [0.1, 0.15) is 5.69 Å². The molecule has 1 aliphatic rings. The van der Waals surface area contributed by atoms with Crippen LogP contribution in [0.25, 0.3) is 11.5 Å². The molecule has 2 heterocycles. The Balaban J connectivity index is 2.05. The number of hydrogen-bond donors (Lipinski definition) is 1. The van der Waals surface area contributed by atoms with Crippen LogP contribution in [0.3, 0.4) is 0 Å². The molecule has 0 saturated carbocycles. The average molecular weight is 243 g/mol. The van der Waals surface area contributed by atoms with Gasteiger partial charge in [-0.2, -0.15) is 0 Å². The van der Waals surface area contributed by atoms with E-state index < -0.39 is 0 Å². The SMILES string of the molecule is Cn1cncc1-c1ncc2c(n1)CCCCC2N. The van der Waals surface area contributed by atoms with E-state index in [1.165, 1.54) is 6.42 Å². The first kappa shape index (κ1) is 11.3. The molecule has 0 aliphatic heterocycles. The number of imidazole rings is 1.